The van der Waals surface area contributed by atoms with E-state index in [1.54, 1.807) is 6.08 Å². The summed E-state index contributed by atoms with van der Waals surface area (Å²) >= 11 is 0. The summed E-state index contributed by atoms with van der Waals surface area (Å²) in [5, 5.41) is 53.7. The first-order valence-corrected chi connectivity index (χ1v) is 23.4. The first kappa shape index (κ1) is 53.2. The van der Waals surface area contributed by atoms with Gasteiger partial charge in [-0.25, -0.2) is 0 Å². The predicted molar refractivity (Wildman–Crippen MR) is 235 cm³/mol. The Balaban J connectivity index is 2.09. The molecule has 0 aromatic rings. The van der Waals surface area contributed by atoms with Crippen LogP contribution in [-0.2, 0) is 14.3 Å². The van der Waals surface area contributed by atoms with Gasteiger partial charge in [-0.15, -0.1) is 0 Å². The number of aliphatic hydroxyl groups is 5. The molecule has 7 unspecified atom stereocenters. The second-order valence-electron chi connectivity index (χ2n) is 16.2. The Bertz CT molecular complexity index is 1030. The normalized spacial score (nSPS) is 21.4. The van der Waals surface area contributed by atoms with Crippen LogP contribution in [-0.4, -0.2) is 87.5 Å². The number of allylic oxidation sites excluding steroid dienone is 7. The summed E-state index contributed by atoms with van der Waals surface area (Å²) in [5.74, 6) is -0.187. The van der Waals surface area contributed by atoms with Gasteiger partial charge in [0.1, 0.15) is 24.4 Å². The molecule has 6 N–H and O–H groups in total. The third-order valence-electron chi connectivity index (χ3n) is 10.9. The number of unbranched alkanes of at least 4 members (excludes halogenated alkanes) is 22. The van der Waals surface area contributed by atoms with Crippen LogP contribution in [0.4, 0.5) is 0 Å². The molecular formula is C48H87NO8. The summed E-state index contributed by atoms with van der Waals surface area (Å²) in [5.41, 5.74) is 0. The Morgan fingerprint density at radius 3 is 1.56 bits per heavy atom. The topological polar surface area (TPSA) is 149 Å². The molecule has 7 atom stereocenters. The highest BCUT2D eigenvalue weighted by atomic mass is 16.7. The molecule has 1 fully saturated rings. The van der Waals surface area contributed by atoms with Crippen molar-refractivity contribution < 1.29 is 39.8 Å². The van der Waals surface area contributed by atoms with E-state index in [9.17, 15) is 30.3 Å². The fourth-order valence-electron chi connectivity index (χ4n) is 7.10. The summed E-state index contributed by atoms with van der Waals surface area (Å²) in [7, 11) is 0. The summed E-state index contributed by atoms with van der Waals surface area (Å²) in [6.45, 7) is 3.64. The predicted octanol–water partition coefficient (Wildman–Crippen LogP) is 9.84. The highest BCUT2D eigenvalue weighted by Crippen LogP contribution is 2.22. The van der Waals surface area contributed by atoms with Crippen LogP contribution < -0.4 is 5.32 Å². The largest absolute Gasteiger partial charge is 0.394 e. The highest BCUT2D eigenvalue weighted by Gasteiger charge is 2.44. The summed E-state index contributed by atoms with van der Waals surface area (Å²) in [6, 6.07) is -0.801. The number of carbonyl (C=O) groups is 1. The van der Waals surface area contributed by atoms with Crippen LogP contribution in [0.1, 0.15) is 194 Å². The highest BCUT2D eigenvalue weighted by molar-refractivity contribution is 5.76. The van der Waals surface area contributed by atoms with Crippen molar-refractivity contribution in [1.82, 2.24) is 5.32 Å². The zero-order valence-electron chi connectivity index (χ0n) is 36.3. The maximum atomic E-state index is 12.8. The van der Waals surface area contributed by atoms with Gasteiger partial charge in [0, 0.05) is 6.42 Å². The van der Waals surface area contributed by atoms with Crippen LogP contribution in [0.3, 0.4) is 0 Å². The van der Waals surface area contributed by atoms with Crippen molar-refractivity contribution in [3.05, 3.63) is 48.6 Å². The molecule has 9 nitrogen and oxygen atoms in total. The average Bonchev–Trinajstić information content (AvgIpc) is 3.21. The Kier molecular flexibility index (Phi) is 35.8. The minimum absolute atomic E-state index is 0.187. The van der Waals surface area contributed by atoms with E-state index in [1.165, 1.54) is 116 Å². The molecule has 1 saturated heterocycles. The van der Waals surface area contributed by atoms with Gasteiger partial charge >= 0.3 is 0 Å². The maximum Gasteiger partial charge on any atom is 0.220 e. The average molecular weight is 806 g/mol. The van der Waals surface area contributed by atoms with Crippen molar-refractivity contribution in [3.63, 3.8) is 0 Å². The Morgan fingerprint density at radius 2 is 1.04 bits per heavy atom. The van der Waals surface area contributed by atoms with Crippen LogP contribution in [0.25, 0.3) is 0 Å². The van der Waals surface area contributed by atoms with Crippen molar-refractivity contribution in [2.24, 2.45) is 0 Å². The van der Waals surface area contributed by atoms with Gasteiger partial charge in [0.25, 0.3) is 0 Å². The fraction of sp³-hybridized carbons (Fsp3) is 0.812. The standard InChI is InChI=1S/C48H87NO8/c1-3-5-7-9-10-11-12-13-14-15-16-17-18-19-20-21-22-23-24-25-26-27-28-29-30-31-32-34-36-38-44(52)49-41(42(51)37-35-33-8-6-4-2)40-56-48-47(55)46(54)45(53)43(39-50)57-48/h12-13,15-16,18-19,35,37,41-43,45-48,50-51,53-55H,3-11,14,17,20-34,36,38-40H2,1-2H3,(H,49,52)/b13-12-,16-15-,19-18-,37-35+. The fourth-order valence-corrected chi connectivity index (χ4v) is 7.10. The third-order valence-corrected chi connectivity index (χ3v) is 10.9. The van der Waals surface area contributed by atoms with Gasteiger partial charge < -0.3 is 40.3 Å². The number of rotatable bonds is 38. The molecule has 1 heterocycles. The number of carbonyl (C=O) groups excluding carboxylic acids is 1. The molecule has 0 saturated carbocycles. The molecule has 1 amide bonds. The molecule has 0 aromatic heterocycles. The van der Waals surface area contributed by atoms with E-state index in [4.69, 9.17) is 9.47 Å². The lowest BCUT2D eigenvalue weighted by Gasteiger charge is -2.40. The molecular weight excluding hydrogens is 719 g/mol. The smallest absolute Gasteiger partial charge is 0.220 e. The molecule has 1 aliphatic heterocycles. The Morgan fingerprint density at radius 1 is 0.596 bits per heavy atom. The van der Waals surface area contributed by atoms with E-state index in [1.807, 2.05) is 6.08 Å². The van der Waals surface area contributed by atoms with Crippen molar-refractivity contribution >= 4 is 5.91 Å². The van der Waals surface area contributed by atoms with Crippen molar-refractivity contribution in [3.8, 4) is 0 Å². The number of ether oxygens (including phenoxy) is 2. The second kappa shape index (κ2) is 38.4. The number of amides is 1. The number of nitrogens with one attached hydrogen (secondary N) is 1. The zero-order chi connectivity index (χ0) is 41.6. The van der Waals surface area contributed by atoms with E-state index in [-0.39, 0.29) is 12.5 Å². The Hall–Kier alpha value is -1.85. The summed E-state index contributed by atoms with van der Waals surface area (Å²) < 4.78 is 11.1. The minimum Gasteiger partial charge on any atom is -0.394 e. The molecule has 0 aliphatic carbocycles. The third kappa shape index (κ3) is 29.1. The monoisotopic (exact) mass is 806 g/mol. The van der Waals surface area contributed by atoms with Gasteiger partial charge in [-0.05, 0) is 57.8 Å². The van der Waals surface area contributed by atoms with Crippen LogP contribution in [0, 0.1) is 0 Å². The van der Waals surface area contributed by atoms with Gasteiger partial charge in [0.15, 0.2) is 6.29 Å². The molecule has 0 radical (unpaired) electrons. The lowest BCUT2D eigenvalue weighted by molar-refractivity contribution is -0.302. The first-order chi connectivity index (χ1) is 27.8. The molecule has 0 aromatic carbocycles. The first-order valence-electron chi connectivity index (χ1n) is 23.4. The molecule has 57 heavy (non-hydrogen) atoms. The van der Waals surface area contributed by atoms with Crippen LogP contribution >= 0.6 is 0 Å². The van der Waals surface area contributed by atoms with E-state index >= 15 is 0 Å². The van der Waals surface area contributed by atoms with Crippen LogP contribution in [0.15, 0.2) is 48.6 Å². The molecule has 0 bridgehead atoms. The zero-order valence-corrected chi connectivity index (χ0v) is 36.3. The quantitative estimate of drug-likeness (QED) is 0.0267. The minimum atomic E-state index is -1.56. The number of hydrogen-bond acceptors (Lipinski definition) is 8. The number of hydrogen-bond donors (Lipinski definition) is 6. The van der Waals surface area contributed by atoms with E-state index in [2.05, 4.69) is 55.6 Å². The molecule has 1 aliphatic rings. The van der Waals surface area contributed by atoms with Crippen LogP contribution in [0.5, 0.6) is 0 Å². The van der Waals surface area contributed by atoms with E-state index in [0.717, 1.165) is 57.8 Å². The number of aliphatic hydroxyl groups excluding tert-OH is 5. The van der Waals surface area contributed by atoms with Gasteiger partial charge in [-0.3, -0.25) is 4.79 Å². The van der Waals surface area contributed by atoms with Gasteiger partial charge in [0.2, 0.25) is 5.91 Å². The molecule has 9 heteroatoms. The van der Waals surface area contributed by atoms with E-state index < -0.39 is 49.5 Å². The van der Waals surface area contributed by atoms with Crippen molar-refractivity contribution in [1.29, 1.82) is 0 Å². The summed E-state index contributed by atoms with van der Waals surface area (Å²) in [4.78, 5) is 12.8. The van der Waals surface area contributed by atoms with Crippen molar-refractivity contribution in [2.45, 2.75) is 236 Å². The van der Waals surface area contributed by atoms with Crippen molar-refractivity contribution in [2.75, 3.05) is 13.2 Å². The van der Waals surface area contributed by atoms with Crippen LogP contribution in [0.2, 0.25) is 0 Å². The van der Waals surface area contributed by atoms with Gasteiger partial charge in [-0.2, -0.15) is 0 Å². The lowest BCUT2D eigenvalue weighted by atomic mass is 9.99. The van der Waals surface area contributed by atoms with E-state index in [0.29, 0.717) is 6.42 Å². The van der Waals surface area contributed by atoms with Gasteiger partial charge in [0.05, 0.1) is 25.4 Å². The molecule has 1 rings (SSSR count). The molecule has 332 valence electrons. The Labute approximate surface area is 348 Å². The summed E-state index contributed by atoms with van der Waals surface area (Å²) in [6.07, 6.45) is 42.2. The second-order valence-corrected chi connectivity index (χ2v) is 16.2. The van der Waals surface area contributed by atoms with Gasteiger partial charge in [-0.1, -0.05) is 178 Å². The molecule has 0 spiro atoms. The SMILES string of the molecule is CCCCC/C=C/C(O)C(COC1OC(CO)C(O)C(O)C1O)NC(=O)CCCCCCCCCCCCCCCC/C=C\C/C=C\C/C=C\CCCCCCC. The lowest BCUT2D eigenvalue weighted by Crippen LogP contribution is -2.60. The maximum absolute atomic E-state index is 12.8.